The van der Waals surface area contributed by atoms with Crippen molar-refractivity contribution in [1.29, 1.82) is 0 Å². The molecule has 0 aromatic carbocycles. The van der Waals surface area contributed by atoms with Gasteiger partial charge < -0.3 is 10.0 Å². The zero-order valence-electron chi connectivity index (χ0n) is 5.38. The minimum Gasteiger partial charge on any atom is -0.427 e. The summed E-state index contributed by atoms with van der Waals surface area (Å²) in [7, 11) is -1.04. The molecule has 0 heterocycles. The third kappa shape index (κ3) is 0.716. The molecule has 0 spiro atoms. The molecular formula is C6H11BO2. The van der Waals surface area contributed by atoms with E-state index >= 15 is 0 Å². The van der Waals surface area contributed by atoms with Crippen molar-refractivity contribution in [3.63, 3.8) is 0 Å². The van der Waals surface area contributed by atoms with Gasteiger partial charge in [0.25, 0.3) is 0 Å². The zero-order valence-corrected chi connectivity index (χ0v) is 5.38. The van der Waals surface area contributed by atoms with Gasteiger partial charge in [-0.25, -0.2) is 0 Å². The number of rotatable bonds is 2. The van der Waals surface area contributed by atoms with Gasteiger partial charge in [-0.05, 0) is 18.8 Å². The molecule has 9 heavy (non-hydrogen) atoms. The van der Waals surface area contributed by atoms with E-state index in [-0.39, 0.29) is 5.31 Å². The fourth-order valence-electron chi connectivity index (χ4n) is 1.68. The molecule has 0 aromatic heterocycles. The lowest BCUT2D eigenvalue weighted by Gasteiger charge is -2.10. The van der Waals surface area contributed by atoms with Crippen LogP contribution in [0.2, 0.25) is 5.31 Å². The first-order chi connectivity index (χ1) is 4.26. The second-order valence-corrected chi connectivity index (χ2v) is 3.38. The van der Waals surface area contributed by atoms with E-state index in [1.165, 1.54) is 12.8 Å². The summed E-state index contributed by atoms with van der Waals surface area (Å²) in [5.74, 6) is 0.650. The molecular weight excluding hydrogens is 115 g/mol. The van der Waals surface area contributed by atoms with Gasteiger partial charge in [0.1, 0.15) is 0 Å². The van der Waals surface area contributed by atoms with E-state index in [9.17, 15) is 0 Å². The van der Waals surface area contributed by atoms with Crippen LogP contribution in [-0.4, -0.2) is 17.2 Å². The first-order valence-corrected chi connectivity index (χ1v) is 3.62. The van der Waals surface area contributed by atoms with Gasteiger partial charge in [0, 0.05) is 5.31 Å². The Morgan fingerprint density at radius 3 is 1.89 bits per heavy atom. The Hall–Kier alpha value is -0.0151. The molecule has 0 saturated heterocycles. The van der Waals surface area contributed by atoms with Gasteiger partial charge in [0.05, 0.1) is 0 Å². The Balaban J connectivity index is 2.04. The fourth-order valence-corrected chi connectivity index (χ4v) is 1.68. The Bertz CT molecular complexity index is 123. The number of hydrogen-bond donors (Lipinski definition) is 2. The van der Waals surface area contributed by atoms with E-state index in [0.29, 0.717) is 5.92 Å². The van der Waals surface area contributed by atoms with Crippen molar-refractivity contribution in [2.45, 2.75) is 31.0 Å². The summed E-state index contributed by atoms with van der Waals surface area (Å²) >= 11 is 0. The van der Waals surface area contributed by atoms with Gasteiger partial charge in [-0.15, -0.1) is 0 Å². The van der Waals surface area contributed by atoms with Crippen molar-refractivity contribution in [2.75, 3.05) is 0 Å². The lowest BCUT2D eigenvalue weighted by molar-refractivity contribution is 0.368. The minimum absolute atomic E-state index is 0.0278. The molecule has 0 amide bonds. The van der Waals surface area contributed by atoms with Crippen molar-refractivity contribution < 1.29 is 10.0 Å². The Labute approximate surface area is 55.0 Å². The minimum atomic E-state index is -1.04. The van der Waals surface area contributed by atoms with E-state index in [2.05, 4.69) is 0 Å². The van der Waals surface area contributed by atoms with Crippen LogP contribution >= 0.6 is 0 Å². The maximum Gasteiger partial charge on any atom is 0.458 e. The summed E-state index contributed by atoms with van der Waals surface area (Å²) in [6, 6.07) is 0. The van der Waals surface area contributed by atoms with E-state index in [0.717, 1.165) is 12.8 Å². The van der Waals surface area contributed by atoms with Crippen molar-refractivity contribution in [2.24, 2.45) is 5.92 Å². The second-order valence-electron chi connectivity index (χ2n) is 3.38. The molecule has 0 unspecified atom stereocenters. The van der Waals surface area contributed by atoms with Crippen LogP contribution in [-0.2, 0) is 0 Å². The van der Waals surface area contributed by atoms with Crippen LogP contribution in [0.15, 0.2) is 0 Å². The highest BCUT2D eigenvalue weighted by molar-refractivity contribution is 6.47. The molecule has 0 bridgehead atoms. The van der Waals surface area contributed by atoms with Crippen molar-refractivity contribution in [1.82, 2.24) is 0 Å². The molecule has 0 aromatic rings. The molecule has 0 aliphatic heterocycles. The Morgan fingerprint density at radius 1 is 1.22 bits per heavy atom. The Kier molecular flexibility index (Phi) is 0.973. The third-order valence-corrected chi connectivity index (χ3v) is 2.73. The SMILES string of the molecule is OB(O)C1(C2CC2)CC1. The topological polar surface area (TPSA) is 40.5 Å². The van der Waals surface area contributed by atoms with Gasteiger partial charge >= 0.3 is 7.12 Å². The average Bonchev–Trinajstić information content (AvgIpc) is 2.61. The highest BCUT2D eigenvalue weighted by Gasteiger charge is 2.60. The maximum absolute atomic E-state index is 8.91. The van der Waals surface area contributed by atoms with Gasteiger partial charge in [-0.1, -0.05) is 12.8 Å². The third-order valence-electron chi connectivity index (χ3n) is 2.73. The molecule has 2 aliphatic carbocycles. The predicted octanol–water partition coefficient (Wildman–Crippen LogP) is 0.403. The fraction of sp³-hybridized carbons (Fsp3) is 1.00. The number of hydrogen-bond acceptors (Lipinski definition) is 2. The molecule has 2 aliphatic rings. The summed E-state index contributed by atoms with van der Waals surface area (Å²) in [5.41, 5.74) is 0. The summed E-state index contributed by atoms with van der Waals surface area (Å²) in [4.78, 5) is 0. The molecule has 2 fully saturated rings. The molecule has 2 rings (SSSR count). The van der Waals surface area contributed by atoms with Gasteiger partial charge in [0.15, 0.2) is 0 Å². The molecule has 2 N–H and O–H groups in total. The lowest BCUT2D eigenvalue weighted by Crippen LogP contribution is -2.22. The van der Waals surface area contributed by atoms with E-state index in [1.807, 2.05) is 0 Å². The summed E-state index contributed by atoms with van der Waals surface area (Å²) < 4.78 is 0. The second kappa shape index (κ2) is 1.52. The van der Waals surface area contributed by atoms with Crippen molar-refractivity contribution in [3.05, 3.63) is 0 Å². The molecule has 0 radical (unpaired) electrons. The first-order valence-electron chi connectivity index (χ1n) is 3.62. The first kappa shape index (κ1) is 5.75. The van der Waals surface area contributed by atoms with Crippen LogP contribution in [0.4, 0.5) is 0 Å². The van der Waals surface area contributed by atoms with Gasteiger partial charge in [-0.2, -0.15) is 0 Å². The van der Waals surface area contributed by atoms with Crippen LogP contribution < -0.4 is 0 Å². The zero-order chi connectivity index (χ0) is 6.48. The molecule has 0 atom stereocenters. The smallest absolute Gasteiger partial charge is 0.427 e. The highest BCUT2D eigenvalue weighted by atomic mass is 16.4. The van der Waals surface area contributed by atoms with E-state index in [4.69, 9.17) is 10.0 Å². The normalized spacial score (nSPS) is 30.0. The molecule has 2 nitrogen and oxygen atoms in total. The predicted molar refractivity (Wildman–Crippen MR) is 34.8 cm³/mol. The largest absolute Gasteiger partial charge is 0.458 e. The quantitative estimate of drug-likeness (QED) is 0.525. The maximum atomic E-state index is 8.91. The van der Waals surface area contributed by atoms with Crippen LogP contribution in [0.1, 0.15) is 25.7 Å². The standard InChI is InChI=1S/C6H11BO2/c8-7(9)6(3-4-6)5-1-2-5/h5,8-9H,1-4H2. The molecule has 2 saturated carbocycles. The highest BCUT2D eigenvalue weighted by Crippen LogP contribution is 2.68. The van der Waals surface area contributed by atoms with Crippen molar-refractivity contribution >= 4 is 7.12 Å². The van der Waals surface area contributed by atoms with Crippen molar-refractivity contribution in [3.8, 4) is 0 Å². The lowest BCUT2D eigenvalue weighted by atomic mass is 9.66. The molecule has 3 heteroatoms. The van der Waals surface area contributed by atoms with Gasteiger partial charge in [0.2, 0.25) is 0 Å². The summed E-state index contributed by atoms with van der Waals surface area (Å²) in [5, 5.41) is 17.8. The van der Waals surface area contributed by atoms with Crippen LogP contribution in [0.5, 0.6) is 0 Å². The van der Waals surface area contributed by atoms with E-state index in [1.54, 1.807) is 0 Å². The van der Waals surface area contributed by atoms with Gasteiger partial charge in [-0.3, -0.25) is 0 Å². The summed E-state index contributed by atoms with van der Waals surface area (Å²) in [6.07, 6.45) is 4.51. The summed E-state index contributed by atoms with van der Waals surface area (Å²) in [6.45, 7) is 0. The average molecular weight is 126 g/mol. The van der Waals surface area contributed by atoms with Crippen LogP contribution in [0.25, 0.3) is 0 Å². The van der Waals surface area contributed by atoms with E-state index < -0.39 is 7.12 Å². The van der Waals surface area contributed by atoms with Crippen LogP contribution in [0.3, 0.4) is 0 Å². The van der Waals surface area contributed by atoms with Crippen LogP contribution in [0, 0.1) is 5.92 Å². The molecule has 50 valence electrons. The Morgan fingerprint density at radius 2 is 1.78 bits per heavy atom. The monoisotopic (exact) mass is 126 g/mol.